The van der Waals surface area contributed by atoms with Crippen LogP contribution in [0.25, 0.3) is 0 Å². The van der Waals surface area contributed by atoms with Gasteiger partial charge in [0.2, 0.25) is 11.8 Å². The van der Waals surface area contributed by atoms with Gasteiger partial charge in [-0.1, -0.05) is 6.92 Å². The average Bonchev–Trinajstić information content (AvgIpc) is 2.44. The van der Waals surface area contributed by atoms with Crippen molar-refractivity contribution in [2.75, 3.05) is 31.2 Å². The first-order valence-electron chi connectivity index (χ1n) is 6.76. The normalized spacial score (nSPS) is 11.0. The lowest BCUT2D eigenvalue weighted by Crippen LogP contribution is -2.39. The minimum absolute atomic E-state index is 0.0251. The van der Waals surface area contributed by atoms with Crippen LogP contribution in [-0.4, -0.2) is 31.1 Å². The third kappa shape index (κ3) is 4.29. The Kier molecular flexibility index (Phi) is 5.61. The molecule has 1 rings (SSSR count). The summed E-state index contributed by atoms with van der Waals surface area (Å²) in [5, 5.41) is 5.78. The number of pyridine rings is 1. The number of nitrogens with one attached hydrogen (secondary N) is 2. The maximum absolute atomic E-state index is 11.7. The molecule has 0 aliphatic heterocycles. The van der Waals surface area contributed by atoms with Gasteiger partial charge in [0.05, 0.1) is 17.7 Å². The van der Waals surface area contributed by atoms with Crippen molar-refractivity contribution in [1.82, 2.24) is 10.3 Å². The molecule has 4 N–H and O–H groups in total. The zero-order valence-electron chi connectivity index (χ0n) is 12.6. The number of carbonyl (C=O) groups excluding carboxylic acids is 1. The highest BCUT2D eigenvalue weighted by Crippen LogP contribution is 2.22. The van der Waals surface area contributed by atoms with E-state index in [1.54, 1.807) is 19.2 Å². The summed E-state index contributed by atoms with van der Waals surface area (Å²) in [6.45, 7) is 6.79. The van der Waals surface area contributed by atoms with Crippen LogP contribution in [-0.2, 0) is 4.79 Å². The quantitative estimate of drug-likeness (QED) is 0.706. The third-order valence-corrected chi connectivity index (χ3v) is 2.89. The van der Waals surface area contributed by atoms with Crippen LogP contribution in [0.3, 0.4) is 0 Å². The molecule has 0 bridgehead atoms. The van der Waals surface area contributed by atoms with Gasteiger partial charge in [-0.25, -0.2) is 0 Å². The first-order chi connectivity index (χ1) is 9.40. The van der Waals surface area contributed by atoms with Crippen LogP contribution in [0, 0.1) is 5.41 Å². The fourth-order valence-corrected chi connectivity index (χ4v) is 1.59. The Morgan fingerprint density at radius 2 is 2.15 bits per heavy atom. The Morgan fingerprint density at radius 1 is 1.45 bits per heavy atom. The van der Waals surface area contributed by atoms with E-state index in [0.717, 1.165) is 6.42 Å². The number of anilines is 2. The fourth-order valence-electron chi connectivity index (χ4n) is 1.59. The summed E-state index contributed by atoms with van der Waals surface area (Å²) in [6, 6.07) is 3.52. The van der Waals surface area contributed by atoms with E-state index in [0.29, 0.717) is 30.5 Å². The van der Waals surface area contributed by atoms with Gasteiger partial charge in [-0.15, -0.1) is 0 Å². The molecule has 0 unspecified atom stereocenters. The first kappa shape index (κ1) is 16.1. The highest BCUT2D eigenvalue weighted by atomic mass is 16.5. The second-order valence-electron chi connectivity index (χ2n) is 5.26. The number of ether oxygens (including phenoxy) is 1. The second kappa shape index (κ2) is 6.98. The Hall–Kier alpha value is -1.98. The molecule has 1 heterocycles. The largest absolute Gasteiger partial charge is 0.476 e. The standard InChI is InChI=1S/C14H24N4O2/c1-5-8-20-12-10(15)6-7-11(18-12)17-9-14(2,3)13(19)16-4/h6-7H,5,8-9,15H2,1-4H3,(H,16,19)(H,17,18). The number of hydrogen-bond donors (Lipinski definition) is 3. The van der Waals surface area contributed by atoms with Crippen LogP contribution in [0.1, 0.15) is 27.2 Å². The number of nitrogens with two attached hydrogens (primary N) is 1. The Balaban J connectivity index is 2.71. The summed E-state index contributed by atoms with van der Waals surface area (Å²) < 4.78 is 5.47. The Labute approximate surface area is 120 Å². The molecule has 0 fully saturated rings. The summed E-state index contributed by atoms with van der Waals surface area (Å²) >= 11 is 0. The van der Waals surface area contributed by atoms with Crippen LogP contribution in [0.4, 0.5) is 11.5 Å². The van der Waals surface area contributed by atoms with Crippen molar-refractivity contribution >= 4 is 17.4 Å². The van der Waals surface area contributed by atoms with Gasteiger partial charge < -0.3 is 21.1 Å². The number of hydrogen-bond acceptors (Lipinski definition) is 5. The zero-order valence-corrected chi connectivity index (χ0v) is 12.6. The van der Waals surface area contributed by atoms with Gasteiger partial charge in [-0.05, 0) is 32.4 Å². The molecule has 0 aromatic carbocycles. The van der Waals surface area contributed by atoms with Crippen LogP contribution < -0.4 is 21.1 Å². The lowest BCUT2D eigenvalue weighted by Gasteiger charge is -2.23. The minimum Gasteiger partial charge on any atom is -0.476 e. The zero-order chi connectivity index (χ0) is 15.2. The number of nitrogens with zero attached hydrogens (tertiary/aromatic N) is 1. The van der Waals surface area contributed by atoms with E-state index in [2.05, 4.69) is 15.6 Å². The van der Waals surface area contributed by atoms with E-state index in [1.807, 2.05) is 20.8 Å². The van der Waals surface area contributed by atoms with Crippen molar-refractivity contribution in [3.8, 4) is 5.88 Å². The summed E-state index contributed by atoms with van der Waals surface area (Å²) in [5.41, 5.74) is 5.79. The molecule has 112 valence electrons. The van der Waals surface area contributed by atoms with E-state index in [9.17, 15) is 4.79 Å². The summed E-state index contributed by atoms with van der Waals surface area (Å²) in [6.07, 6.45) is 0.891. The predicted octanol–water partition coefficient (Wildman–Crippen LogP) is 1.64. The van der Waals surface area contributed by atoms with Gasteiger partial charge in [0.25, 0.3) is 0 Å². The maximum Gasteiger partial charge on any atom is 0.239 e. The second-order valence-corrected chi connectivity index (χ2v) is 5.26. The molecular weight excluding hydrogens is 256 g/mol. The molecule has 0 atom stereocenters. The molecule has 0 saturated carbocycles. The van der Waals surface area contributed by atoms with E-state index in [1.165, 1.54) is 0 Å². The SMILES string of the molecule is CCCOc1nc(NCC(C)(C)C(=O)NC)ccc1N. The lowest BCUT2D eigenvalue weighted by atomic mass is 9.92. The molecule has 0 aliphatic carbocycles. The van der Waals surface area contributed by atoms with Crippen molar-refractivity contribution in [3.63, 3.8) is 0 Å². The molecule has 1 amide bonds. The molecule has 0 spiro atoms. The van der Waals surface area contributed by atoms with Crippen LogP contribution in [0.2, 0.25) is 0 Å². The highest BCUT2D eigenvalue weighted by molar-refractivity contribution is 5.82. The Morgan fingerprint density at radius 3 is 2.75 bits per heavy atom. The first-order valence-corrected chi connectivity index (χ1v) is 6.76. The summed E-state index contributed by atoms with van der Waals surface area (Å²) in [4.78, 5) is 16.0. The molecule has 6 heteroatoms. The topological polar surface area (TPSA) is 89.3 Å². The number of amides is 1. The fraction of sp³-hybridized carbons (Fsp3) is 0.571. The van der Waals surface area contributed by atoms with Crippen LogP contribution in [0.5, 0.6) is 5.88 Å². The van der Waals surface area contributed by atoms with Gasteiger partial charge in [-0.3, -0.25) is 4.79 Å². The van der Waals surface area contributed by atoms with E-state index in [4.69, 9.17) is 10.5 Å². The smallest absolute Gasteiger partial charge is 0.239 e. The summed E-state index contributed by atoms with van der Waals surface area (Å²) in [7, 11) is 1.63. The van der Waals surface area contributed by atoms with Gasteiger partial charge in [0.15, 0.2) is 0 Å². The average molecular weight is 280 g/mol. The molecule has 20 heavy (non-hydrogen) atoms. The van der Waals surface area contributed by atoms with Crippen LogP contribution >= 0.6 is 0 Å². The molecule has 1 aromatic heterocycles. The monoisotopic (exact) mass is 280 g/mol. The number of nitrogen functional groups attached to an aromatic ring is 1. The minimum atomic E-state index is -0.526. The molecule has 0 saturated heterocycles. The summed E-state index contributed by atoms with van der Waals surface area (Å²) in [5.74, 6) is 1.04. The van der Waals surface area contributed by atoms with Crippen molar-refractivity contribution < 1.29 is 9.53 Å². The molecule has 6 nitrogen and oxygen atoms in total. The van der Waals surface area contributed by atoms with Gasteiger partial charge in [-0.2, -0.15) is 4.98 Å². The van der Waals surface area contributed by atoms with Gasteiger partial charge in [0.1, 0.15) is 5.82 Å². The van der Waals surface area contributed by atoms with Crippen molar-refractivity contribution in [2.24, 2.45) is 5.41 Å². The van der Waals surface area contributed by atoms with Crippen molar-refractivity contribution in [3.05, 3.63) is 12.1 Å². The van der Waals surface area contributed by atoms with Gasteiger partial charge >= 0.3 is 0 Å². The number of carbonyl (C=O) groups is 1. The third-order valence-electron chi connectivity index (χ3n) is 2.89. The maximum atomic E-state index is 11.7. The molecular formula is C14H24N4O2. The van der Waals surface area contributed by atoms with Crippen LogP contribution in [0.15, 0.2) is 12.1 Å². The van der Waals surface area contributed by atoms with E-state index >= 15 is 0 Å². The number of aromatic nitrogens is 1. The number of rotatable bonds is 7. The molecule has 1 aromatic rings. The van der Waals surface area contributed by atoms with Crippen molar-refractivity contribution in [2.45, 2.75) is 27.2 Å². The predicted molar refractivity (Wildman–Crippen MR) is 80.8 cm³/mol. The van der Waals surface area contributed by atoms with E-state index < -0.39 is 5.41 Å². The lowest BCUT2D eigenvalue weighted by molar-refractivity contribution is -0.128. The van der Waals surface area contributed by atoms with Crippen molar-refractivity contribution in [1.29, 1.82) is 0 Å². The highest BCUT2D eigenvalue weighted by Gasteiger charge is 2.26. The molecule has 0 aliphatic rings. The Bertz CT molecular complexity index is 460. The van der Waals surface area contributed by atoms with Gasteiger partial charge in [0, 0.05) is 13.6 Å². The van der Waals surface area contributed by atoms with E-state index in [-0.39, 0.29) is 5.91 Å². The molecule has 0 radical (unpaired) electrons.